The number of aromatic nitrogens is 4. The van der Waals surface area contributed by atoms with Gasteiger partial charge in [0, 0.05) is 16.5 Å². The Kier molecular flexibility index (Phi) is 4.78. The summed E-state index contributed by atoms with van der Waals surface area (Å²) in [4.78, 5) is 24.7. The van der Waals surface area contributed by atoms with Gasteiger partial charge in [-0.2, -0.15) is 4.80 Å². The molecule has 2 aromatic heterocycles. The van der Waals surface area contributed by atoms with Crippen LogP contribution in [0.5, 0.6) is 0 Å². The molecule has 0 aliphatic heterocycles. The molecule has 0 aliphatic rings. The van der Waals surface area contributed by atoms with Gasteiger partial charge in [0.2, 0.25) is 17.6 Å². The number of nitrogens with two attached hydrogens (primary N) is 1. The molecule has 0 aliphatic carbocycles. The molecule has 0 saturated carbocycles. The second-order valence-electron chi connectivity index (χ2n) is 6.56. The molecule has 0 unspecified atom stereocenters. The van der Waals surface area contributed by atoms with Crippen LogP contribution in [0.15, 0.2) is 59.0 Å². The van der Waals surface area contributed by atoms with Gasteiger partial charge < -0.3 is 15.5 Å². The molecule has 2 amide bonds. The fourth-order valence-electron chi connectivity index (χ4n) is 2.91. The first-order chi connectivity index (χ1) is 14.0. The van der Waals surface area contributed by atoms with Crippen molar-refractivity contribution in [1.82, 2.24) is 25.5 Å². The molecule has 0 radical (unpaired) electrons. The minimum atomic E-state index is -0.511. The SMILES string of the molecule is C[C@@H](NC(=O)Cn1nnc(-c2ccc(C(N)=O)cc2)n1)c1cc2ccccc2o1. The van der Waals surface area contributed by atoms with E-state index >= 15 is 0 Å². The van der Waals surface area contributed by atoms with Gasteiger partial charge >= 0.3 is 0 Å². The summed E-state index contributed by atoms with van der Waals surface area (Å²) in [6, 6.07) is 15.8. The minimum absolute atomic E-state index is 0.0864. The van der Waals surface area contributed by atoms with Gasteiger partial charge in [-0.05, 0) is 36.4 Å². The van der Waals surface area contributed by atoms with Crippen molar-refractivity contribution in [2.24, 2.45) is 5.73 Å². The normalized spacial score (nSPS) is 12.0. The Morgan fingerprint density at radius 1 is 1.17 bits per heavy atom. The zero-order chi connectivity index (χ0) is 20.4. The van der Waals surface area contributed by atoms with Crippen LogP contribution in [0.25, 0.3) is 22.4 Å². The zero-order valence-electron chi connectivity index (χ0n) is 15.6. The van der Waals surface area contributed by atoms with Crippen LogP contribution in [0, 0.1) is 0 Å². The summed E-state index contributed by atoms with van der Waals surface area (Å²) in [5, 5.41) is 15.9. The van der Waals surface area contributed by atoms with Crippen molar-refractivity contribution in [1.29, 1.82) is 0 Å². The molecule has 2 heterocycles. The van der Waals surface area contributed by atoms with Crippen LogP contribution in [0.3, 0.4) is 0 Å². The first kappa shape index (κ1) is 18.4. The zero-order valence-corrected chi connectivity index (χ0v) is 15.6. The topological polar surface area (TPSA) is 129 Å². The smallest absolute Gasteiger partial charge is 0.248 e. The lowest BCUT2D eigenvalue weighted by atomic mass is 10.1. The van der Waals surface area contributed by atoms with Gasteiger partial charge in [-0.1, -0.05) is 30.3 Å². The van der Waals surface area contributed by atoms with E-state index in [-0.39, 0.29) is 18.5 Å². The Morgan fingerprint density at radius 3 is 2.66 bits per heavy atom. The highest BCUT2D eigenvalue weighted by Gasteiger charge is 2.16. The Labute approximate surface area is 165 Å². The summed E-state index contributed by atoms with van der Waals surface area (Å²) in [6.45, 7) is 1.76. The average molecular weight is 390 g/mol. The Balaban J connectivity index is 1.40. The largest absolute Gasteiger partial charge is 0.459 e. The molecule has 29 heavy (non-hydrogen) atoms. The van der Waals surface area contributed by atoms with Gasteiger partial charge in [0.1, 0.15) is 17.9 Å². The molecular formula is C20H18N6O3. The Hall–Kier alpha value is -4.01. The summed E-state index contributed by atoms with van der Waals surface area (Å²) >= 11 is 0. The lowest BCUT2D eigenvalue weighted by Gasteiger charge is -2.10. The summed E-state index contributed by atoms with van der Waals surface area (Å²) in [5.74, 6) is 0.231. The van der Waals surface area contributed by atoms with Gasteiger partial charge in [-0.15, -0.1) is 10.2 Å². The molecule has 2 aromatic carbocycles. The van der Waals surface area contributed by atoms with Crippen molar-refractivity contribution < 1.29 is 14.0 Å². The number of nitrogens with one attached hydrogen (secondary N) is 1. The van der Waals surface area contributed by atoms with Crippen molar-refractivity contribution >= 4 is 22.8 Å². The van der Waals surface area contributed by atoms with Crippen molar-refractivity contribution in [3.8, 4) is 11.4 Å². The predicted molar refractivity (Wildman–Crippen MR) is 105 cm³/mol. The van der Waals surface area contributed by atoms with Crippen LogP contribution in [0.4, 0.5) is 0 Å². The highest BCUT2D eigenvalue weighted by Crippen LogP contribution is 2.23. The quantitative estimate of drug-likeness (QED) is 0.518. The highest BCUT2D eigenvalue weighted by atomic mass is 16.3. The second kappa shape index (κ2) is 7.55. The number of carbonyl (C=O) groups is 2. The number of nitrogens with zero attached hydrogens (tertiary/aromatic N) is 4. The number of tetrazole rings is 1. The molecule has 1 atom stereocenters. The lowest BCUT2D eigenvalue weighted by molar-refractivity contribution is -0.122. The minimum Gasteiger partial charge on any atom is -0.459 e. The molecule has 9 heteroatoms. The van der Waals surface area contributed by atoms with Gasteiger partial charge in [0.25, 0.3) is 0 Å². The third-order valence-corrected chi connectivity index (χ3v) is 4.41. The third-order valence-electron chi connectivity index (χ3n) is 4.41. The number of rotatable bonds is 6. The fourth-order valence-corrected chi connectivity index (χ4v) is 2.91. The van der Waals surface area contributed by atoms with Crippen molar-refractivity contribution in [3.05, 3.63) is 65.9 Å². The first-order valence-electron chi connectivity index (χ1n) is 8.95. The number of benzene rings is 2. The number of primary amides is 1. The predicted octanol–water partition coefficient (Wildman–Crippen LogP) is 2.06. The maximum atomic E-state index is 12.3. The summed E-state index contributed by atoms with van der Waals surface area (Å²) in [5.41, 5.74) is 7.05. The first-order valence-corrected chi connectivity index (χ1v) is 8.95. The van der Waals surface area contributed by atoms with Crippen LogP contribution < -0.4 is 11.1 Å². The molecule has 0 saturated heterocycles. The Morgan fingerprint density at radius 2 is 1.93 bits per heavy atom. The maximum absolute atomic E-state index is 12.3. The molecule has 0 bridgehead atoms. The van der Waals surface area contributed by atoms with E-state index in [4.69, 9.17) is 10.2 Å². The van der Waals surface area contributed by atoms with Crippen molar-refractivity contribution in [2.45, 2.75) is 19.5 Å². The van der Waals surface area contributed by atoms with E-state index in [2.05, 4.69) is 20.7 Å². The number of fused-ring (bicyclic) bond motifs is 1. The Bertz CT molecular complexity index is 1150. The van der Waals surface area contributed by atoms with E-state index in [1.165, 1.54) is 4.80 Å². The highest BCUT2D eigenvalue weighted by molar-refractivity contribution is 5.93. The van der Waals surface area contributed by atoms with Gasteiger partial charge in [0.05, 0.1) is 6.04 Å². The van der Waals surface area contributed by atoms with E-state index in [1.807, 2.05) is 37.3 Å². The summed E-state index contributed by atoms with van der Waals surface area (Å²) < 4.78 is 5.77. The van der Waals surface area contributed by atoms with E-state index in [0.29, 0.717) is 22.7 Å². The van der Waals surface area contributed by atoms with Gasteiger partial charge in [-0.25, -0.2) is 0 Å². The molecule has 4 rings (SSSR count). The lowest BCUT2D eigenvalue weighted by Crippen LogP contribution is -2.30. The number of furan rings is 1. The summed E-state index contributed by atoms with van der Waals surface area (Å²) in [6.07, 6.45) is 0. The van der Waals surface area contributed by atoms with E-state index in [1.54, 1.807) is 24.3 Å². The average Bonchev–Trinajstić information content (AvgIpc) is 3.35. The van der Waals surface area contributed by atoms with Gasteiger partial charge in [0.15, 0.2) is 0 Å². The molecule has 0 fully saturated rings. The van der Waals surface area contributed by atoms with Crippen LogP contribution in [-0.4, -0.2) is 32.0 Å². The maximum Gasteiger partial charge on any atom is 0.248 e. The van der Waals surface area contributed by atoms with E-state index < -0.39 is 5.91 Å². The molecular weight excluding hydrogens is 372 g/mol. The molecule has 4 aromatic rings. The molecule has 9 nitrogen and oxygen atoms in total. The van der Waals surface area contributed by atoms with E-state index in [0.717, 1.165) is 11.0 Å². The van der Waals surface area contributed by atoms with Crippen LogP contribution in [0.1, 0.15) is 29.1 Å². The number of para-hydroxylation sites is 1. The number of amides is 2. The monoisotopic (exact) mass is 390 g/mol. The van der Waals surface area contributed by atoms with Crippen molar-refractivity contribution in [3.63, 3.8) is 0 Å². The summed E-state index contributed by atoms with van der Waals surface area (Å²) in [7, 11) is 0. The molecule has 146 valence electrons. The number of hydrogen-bond acceptors (Lipinski definition) is 6. The molecule has 3 N–H and O–H groups in total. The number of carbonyl (C=O) groups excluding carboxylic acids is 2. The van der Waals surface area contributed by atoms with Crippen LogP contribution in [0.2, 0.25) is 0 Å². The standard InChI is InChI=1S/C20H18N6O3/c1-12(17-10-15-4-2-3-5-16(15)29-17)22-18(27)11-26-24-20(23-25-26)14-8-6-13(7-9-14)19(21)28/h2-10,12H,11H2,1H3,(H2,21,28)(H,22,27)/t12-/m1/s1. The molecule has 0 spiro atoms. The van der Waals surface area contributed by atoms with Crippen molar-refractivity contribution in [2.75, 3.05) is 0 Å². The van der Waals surface area contributed by atoms with Crippen LogP contribution in [-0.2, 0) is 11.3 Å². The third kappa shape index (κ3) is 3.98. The van der Waals surface area contributed by atoms with E-state index in [9.17, 15) is 9.59 Å². The van der Waals surface area contributed by atoms with Crippen LogP contribution >= 0.6 is 0 Å². The number of hydrogen-bond donors (Lipinski definition) is 2. The second-order valence-corrected chi connectivity index (χ2v) is 6.56. The fraction of sp³-hybridized carbons (Fsp3) is 0.150. The van der Waals surface area contributed by atoms with Gasteiger partial charge in [-0.3, -0.25) is 9.59 Å².